The lowest BCUT2D eigenvalue weighted by molar-refractivity contribution is -0.128. The Hall–Kier alpha value is -1.17. The summed E-state index contributed by atoms with van der Waals surface area (Å²) in [5, 5.41) is 5.61. The first-order valence-electron chi connectivity index (χ1n) is 6.83. The summed E-state index contributed by atoms with van der Waals surface area (Å²) in [6, 6.07) is -0.151. The van der Waals surface area contributed by atoms with Crippen LogP contribution >= 0.6 is 12.2 Å². The van der Waals surface area contributed by atoms with E-state index in [1.165, 1.54) is 0 Å². The second kappa shape index (κ2) is 6.84. The first-order chi connectivity index (χ1) is 8.96. The molecular formula is C13H23N3O2S. The standard InChI is InChI=1S/C13H23N3O2S/c1-3-5-13(6-4-2,11(14)19)12(18)16-9-7-10(17)15-8-9/h9H,3-8H2,1-2H3,(H2,14,19)(H,15,17)(H,16,18). The number of carbonyl (C=O) groups is 2. The lowest BCUT2D eigenvalue weighted by Crippen LogP contribution is -2.52. The van der Waals surface area contributed by atoms with Gasteiger partial charge >= 0.3 is 0 Å². The number of thiocarbonyl (C=S) groups is 1. The summed E-state index contributed by atoms with van der Waals surface area (Å²) in [5.74, 6) is -0.164. The maximum absolute atomic E-state index is 12.5. The van der Waals surface area contributed by atoms with Crippen LogP contribution < -0.4 is 16.4 Å². The first-order valence-corrected chi connectivity index (χ1v) is 7.24. The molecular weight excluding hydrogens is 262 g/mol. The van der Waals surface area contributed by atoms with Gasteiger partial charge in [0.2, 0.25) is 11.8 Å². The van der Waals surface area contributed by atoms with Gasteiger partial charge in [-0.05, 0) is 12.8 Å². The maximum atomic E-state index is 12.5. The summed E-state index contributed by atoms with van der Waals surface area (Å²) in [4.78, 5) is 23.9. The van der Waals surface area contributed by atoms with E-state index in [9.17, 15) is 9.59 Å². The maximum Gasteiger partial charge on any atom is 0.233 e. The van der Waals surface area contributed by atoms with Crippen molar-refractivity contribution in [2.75, 3.05) is 6.54 Å². The second-order valence-electron chi connectivity index (χ2n) is 5.12. The highest BCUT2D eigenvalue weighted by molar-refractivity contribution is 7.80. The third-order valence-electron chi connectivity index (χ3n) is 3.57. The molecule has 0 bridgehead atoms. The number of amides is 2. The van der Waals surface area contributed by atoms with Gasteiger partial charge < -0.3 is 16.4 Å². The van der Waals surface area contributed by atoms with E-state index < -0.39 is 5.41 Å². The van der Waals surface area contributed by atoms with E-state index >= 15 is 0 Å². The summed E-state index contributed by atoms with van der Waals surface area (Å²) in [7, 11) is 0. The Morgan fingerprint density at radius 1 is 1.47 bits per heavy atom. The van der Waals surface area contributed by atoms with E-state index in [2.05, 4.69) is 10.6 Å². The van der Waals surface area contributed by atoms with Crippen molar-refractivity contribution < 1.29 is 9.59 Å². The third kappa shape index (κ3) is 3.65. The van der Waals surface area contributed by atoms with Crippen LogP contribution in [0.3, 0.4) is 0 Å². The highest BCUT2D eigenvalue weighted by Gasteiger charge is 2.41. The normalized spacial score (nSPS) is 19.1. The van der Waals surface area contributed by atoms with E-state index in [-0.39, 0.29) is 22.8 Å². The molecule has 1 saturated heterocycles. The Balaban J connectivity index is 2.80. The fraction of sp³-hybridized carbons (Fsp3) is 0.769. The summed E-state index contributed by atoms with van der Waals surface area (Å²) in [5.41, 5.74) is 5.06. The van der Waals surface area contributed by atoms with Gasteiger partial charge in [-0.15, -0.1) is 0 Å². The zero-order chi connectivity index (χ0) is 14.5. The minimum Gasteiger partial charge on any atom is -0.392 e. The molecule has 1 fully saturated rings. The van der Waals surface area contributed by atoms with Gasteiger partial charge in [-0.3, -0.25) is 9.59 Å². The minimum absolute atomic E-state index is 0.0304. The van der Waals surface area contributed by atoms with Crippen LogP contribution in [0.15, 0.2) is 0 Å². The second-order valence-corrected chi connectivity index (χ2v) is 5.56. The Kier molecular flexibility index (Phi) is 5.72. The molecule has 6 heteroatoms. The first kappa shape index (κ1) is 15.9. The number of hydrogen-bond acceptors (Lipinski definition) is 3. The summed E-state index contributed by atoms with van der Waals surface area (Å²) >= 11 is 5.13. The monoisotopic (exact) mass is 285 g/mol. The molecule has 1 aliphatic heterocycles. The van der Waals surface area contributed by atoms with Gasteiger partial charge in [0.05, 0.1) is 16.4 Å². The predicted octanol–water partition coefficient (Wildman–Crippen LogP) is 0.864. The quantitative estimate of drug-likeness (QED) is 0.606. The third-order valence-corrected chi connectivity index (χ3v) is 3.96. The number of nitrogens with two attached hydrogens (primary N) is 1. The van der Waals surface area contributed by atoms with Crippen molar-refractivity contribution in [2.24, 2.45) is 11.1 Å². The van der Waals surface area contributed by atoms with Crippen molar-refractivity contribution in [3.8, 4) is 0 Å². The summed E-state index contributed by atoms with van der Waals surface area (Å²) in [6.07, 6.45) is 3.31. The molecule has 4 N–H and O–H groups in total. The lowest BCUT2D eigenvalue weighted by atomic mass is 9.78. The van der Waals surface area contributed by atoms with Gasteiger partial charge in [0, 0.05) is 13.0 Å². The topological polar surface area (TPSA) is 84.2 Å². The van der Waals surface area contributed by atoms with Crippen LogP contribution in [-0.4, -0.2) is 29.4 Å². The van der Waals surface area contributed by atoms with E-state index in [1.54, 1.807) is 0 Å². The van der Waals surface area contributed by atoms with Gasteiger partial charge in [0.25, 0.3) is 0 Å². The molecule has 0 aromatic carbocycles. The molecule has 1 unspecified atom stereocenters. The number of carbonyl (C=O) groups excluding carboxylic acids is 2. The molecule has 0 aliphatic carbocycles. The molecule has 0 aromatic rings. The molecule has 1 aliphatic rings. The molecule has 108 valence electrons. The average Bonchev–Trinajstić information content (AvgIpc) is 2.73. The highest BCUT2D eigenvalue weighted by atomic mass is 32.1. The fourth-order valence-corrected chi connectivity index (χ4v) is 2.89. The van der Waals surface area contributed by atoms with Crippen LogP contribution in [0, 0.1) is 5.41 Å². The molecule has 0 saturated carbocycles. The molecule has 0 radical (unpaired) electrons. The highest BCUT2D eigenvalue weighted by Crippen LogP contribution is 2.31. The zero-order valence-corrected chi connectivity index (χ0v) is 12.4. The summed E-state index contributed by atoms with van der Waals surface area (Å²) < 4.78 is 0. The largest absolute Gasteiger partial charge is 0.392 e. The Labute approximate surface area is 119 Å². The predicted molar refractivity (Wildman–Crippen MR) is 78.6 cm³/mol. The average molecular weight is 285 g/mol. The molecule has 0 spiro atoms. The summed E-state index contributed by atoms with van der Waals surface area (Å²) in [6.45, 7) is 4.50. The zero-order valence-electron chi connectivity index (χ0n) is 11.6. The van der Waals surface area contributed by atoms with Gasteiger partial charge in [-0.1, -0.05) is 38.9 Å². The van der Waals surface area contributed by atoms with Crippen molar-refractivity contribution in [3.05, 3.63) is 0 Å². The number of nitrogens with one attached hydrogen (secondary N) is 2. The molecule has 1 heterocycles. The van der Waals surface area contributed by atoms with Gasteiger partial charge in [-0.25, -0.2) is 0 Å². The Bertz CT molecular complexity index is 365. The molecule has 5 nitrogen and oxygen atoms in total. The Morgan fingerprint density at radius 2 is 2.05 bits per heavy atom. The van der Waals surface area contributed by atoms with Crippen molar-refractivity contribution in [3.63, 3.8) is 0 Å². The number of rotatable bonds is 7. The van der Waals surface area contributed by atoms with Crippen LogP contribution in [-0.2, 0) is 9.59 Å². The van der Waals surface area contributed by atoms with Crippen LogP contribution in [0.5, 0.6) is 0 Å². The van der Waals surface area contributed by atoms with E-state index in [0.29, 0.717) is 25.8 Å². The van der Waals surface area contributed by atoms with E-state index in [1.807, 2.05) is 13.8 Å². The molecule has 0 aromatic heterocycles. The van der Waals surface area contributed by atoms with Crippen molar-refractivity contribution in [1.29, 1.82) is 0 Å². The van der Waals surface area contributed by atoms with Crippen LogP contribution in [0.4, 0.5) is 0 Å². The van der Waals surface area contributed by atoms with Crippen LogP contribution in [0.25, 0.3) is 0 Å². The number of hydrogen-bond donors (Lipinski definition) is 3. The molecule has 2 amide bonds. The Morgan fingerprint density at radius 3 is 2.42 bits per heavy atom. The minimum atomic E-state index is -0.773. The smallest absolute Gasteiger partial charge is 0.233 e. The van der Waals surface area contributed by atoms with Crippen LogP contribution in [0.2, 0.25) is 0 Å². The van der Waals surface area contributed by atoms with E-state index in [0.717, 1.165) is 12.8 Å². The van der Waals surface area contributed by atoms with Gasteiger partial charge in [0.15, 0.2) is 0 Å². The molecule has 19 heavy (non-hydrogen) atoms. The van der Waals surface area contributed by atoms with Gasteiger partial charge in [0.1, 0.15) is 0 Å². The van der Waals surface area contributed by atoms with Crippen molar-refractivity contribution in [1.82, 2.24) is 10.6 Å². The lowest BCUT2D eigenvalue weighted by Gasteiger charge is -2.32. The van der Waals surface area contributed by atoms with Crippen molar-refractivity contribution >= 4 is 29.0 Å². The van der Waals surface area contributed by atoms with Gasteiger partial charge in [-0.2, -0.15) is 0 Å². The molecule has 1 rings (SSSR count). The SMILES string of the molecule is CCCC(CCC)(C(=O)NC1CNC(=O)C1)C(N)=S. The molecule has 1 atom stereocenters. The van der Waals surface area contributed by atoms with Crippen LogP contribution in [0.1, 0.15) is 46.0 Å². The van der Waals surface area contributed by atoms with E-state index in [4.69, 9.17) is 18.0 Å². The fourth-order valence-electron chi connectivity index (χ4n) is 2.59. The van der Waals surface area contributed by atoms with Crippen molar-refractivity contribution in [2.45, 2.75) is 52.0 Å².